The van der Waals surface area contributed by atoms with Gasteiger partial charge in [-0.2, -0.15) is 0 Å². The van der Waals surface area contributed by atoms with Crippen molar-refractivity contribution >= 4 is 17.9 Å². The number of carbonyl (C=O) groups excluding carboxylic acids is 3. The molecule has 0 bridgehead atoms. The summed E-state index contributed by atoms with van der Waals surface area (Å²) in [4.78, 5) is 38.1. The summed E-state index contributed by atoms with van der Waals surface area (Å²) in [5, 5.41) is 0. The highest BCUT2D eigenvalue weighted by Gasteiger charge is 2.19. The third kappa shape index (κ3) is 54.2. The molecule has 0 saturated heterocycles. The van der Waals surface area contributed by atoms with Gasteiger partial charge in [-0.3, -0.25) is 14.4 Å². The Kier molecular flexibility index (Phi) is 53.8. The van der Waals surface area contributed by atoms with E-state index < -0.39 is 6.10 Å². The molecule has 0 spiro atoms. The molecule has 0 aromatic rings. The van der Waals surface area contributed by atoms with Gasteiger partial charge in [0.1, 0.15) is 13.2 Å². The van der Waals surface area contributed by atoms with E-state index in [4.69, 9.17) is 14.2 Å². The van der Waals surface area contributed by atoms with E-state index in [2.05, 4.69) is 69.4 Å². The second-order valence-corrected chi connectivity index (χ2v) is 19.5. The Labute approximate surface area is 416 Å². The van der Waals surface area contributed by atoms with Crippen LogP contribution in [-0.4, -0.2) is 37.2 Å². The van der Waals surface area contributed by atoms with Crippen LogP contribution in [0.4, 0.5) is 0 Å². The van der Waals surface area contributed by atoms with E-state index in [1.165, 1.54) is 180 Å². The van der Waals surface area contributed by atoms with Crippen molar-refractivity contribution in [2.75, 3.05) is 13.2 Å². The van der Waals surface area contributed by atoms with Crippen LogP contribution >= 0.6 is 0 Å². The minimum Gasteiger partial charge on any atom is -0.462 e. The zero-order valence-corrected chi connectivity index (χ0v) is 44.7. The average molecular weight is 940 g/mol. The van der Waals surface area contributed by atoms with Crippen molar-refractivity contribution in [3.05, 3.63) is 48.6 Å². The number of hydrogen-bond donors (Lipinski definition) is 0. The van der Waals surface area contributed by atoms with Crippen LogP contribution in [-0.2, 0) is 28.6 Å². The maximum absolute atomic E-state index is 12.9. The van der Waals surface area contributed by atoms with E-state index in [1.54, 1.807) is 0 Å². The summed E-state index contributed by atoms with van der Waals surface area (Å²) in [6.45, 7) is 6.60. The summed E-state index contributed by atoms with van der Waals surface area (Å²) >= 11 is 0. The fraction of sp³-hybridized carbons (Fsp3) is 0.820. The Morgan fingerprint density at radius 3 is 0.881 bits per heavy atom. The zero-order chi connectivity index (χ0) is 48.6. The van der Waals surface area contributed by atoms with Gasteiger partial charge in [-0.1, -0.05) is 230 Å². The van der Waals surface area contributed by atoms with Gasteiger partial charge in [0.05, 0.1) is 0 Å². The van der Waals surface area contributed by atoms with Crippen LogP contribution in [0.3, 0.4) is 0 Å². The standard InChI is InChI=1S/C61H110O6/c1-4-7-10-13-16-19-22-25-27-28-29-30-31-32-34-37-40-43-46-49-52-55-61(64)67-58(56-65-59(62)53-50-47-44-41-38-35-24-21-18-15-12-9-6-3)57-66-60(63)54-51-48-45-42-39-36-33-26-23-20-17-14-11-8-5-2/h17,20-21,24-27,33,58H,4-16,18-19,22-23,28-32,34-57H2,1-3H3/b20-17-,24-21-,27-25-,33-26-/t58-/m0/s1. The van der Waals surface area contributed by atoms with Crippen LogP contribution in [0.5, 0.6) is 0 Å². The van der Waals surface area contributed by atoms with Gasteiger partial charge < -0.3 is 14.2 Å². The zero-order valence-electron chi connectivity index (χ0n) is 44.7. The van der Waals surface area contributed by atoms with Crippen molar-refractivity contribution < 1.29 is 28.6 Å². The SMILES string of the molecule is CCCCC/C=C\C/C=C\CCCCCCCC(=O)OC[C@H](COC(=O)CCCCCCC/C=C\CCCCCC)OC(=O)CCCCCCCCCCCCC/C=C\CCCCCCCC. The monoisotopic (exact) mass is 939 g/mol. The van der Waals surface area contributed by atoms with Crippen LogP contribution < -0.4 is 0 Å². The highest BCUT2D eigenvalue weighted by atomic mass is 16.6. The lowest BCUT2D eigenvalue weighted by Crippen LogP contribution is -2.30. The molecule has 1 atom stereocenters. The van der Waals surface area contributed by atoms with Crippen molar-refractivity contribution in [1.82, 2.24) is 0 Å². The normalized spacial score (nSPS) is 12.3. The van der Waals surface area contributed by atoms with Gasteiger partial charge in [0, 0.05) is 19.3 Å². The predicted octanol–water partition coefficient (Wildman–Crippen LogP) is 19.4. The molecule has 6 nitrogen and oxygen atoms in total. The van der Waals surface area contributed by atoms with Gasteiger partial charge in [-0.05, 0) is 103 Å². The van der Waals surface area contributed by atoms with Gasteiger partial charge in [0.15, 0.2) is 6.10 Å². The van der Waals surface area contributed by atoms with Crippen molar-refractivity contribution in [3.63, 3.8) is 0 Å². The second-order valence-electron chi connectivity index (χ2n) is 19.5. The third-order valence-corrected chi connectivity index (χ3v) is 12.8. The number of ether oxygens (including phenoxy) is 3. The molecule has 67 heavy (non-hydrogen) atoms. The number of esters is 3. The van der Waals surface area contributed by atoms with Crippen LogP contribution in [0.2, 0.25) is 0 Å². The molecule has 0 rings (SSSR count). The molecule has 0 aromatic carbocycles. The maximum Gasteiger partial charge on any atom is 0.306 e. The molecule has 0 N–H and O–H groups in total. The fourth-order valence-electron chi connectivity index (χ4n) is 8.35. The minimum absolute atomic E-state index is 0.0807. The van der Waals surface area contributed by atoms with Crippen molar-refractivity contribution in [1.29, 1.82) is 0 Å². The summed E-state index contributed by atoms with van der Waals surface area (Å²) < 4.78 is 16.9. The van der Waals surface area contributed by atoms with E-state index >= 15 is 0 Å². The highest BCUT2D eigenvalue weighted by Crippen LogP contribution is 2.16. The first-order valence-electron chi connectivity index (χ1n) is 29.1. The van der Waals surface area contributed by atoms with Crippen LogP contribution in [0, 0.1) is 0 Å². The Hall–Kier alpha value is -2.63. The summed E-state index contributed by atoms with van der Waals surface area (Å²) in [6, 6.07) is 0. The largest absolute Gasteiger partial charge is 0.462 e. The Bertz CT molecular complexity index is 1170. The van der Waals surface area contributed by atoms with E-state index in [-0.39, 0.29) is 31.1 Å². The number of hydrogen-bond acceptors (Lipinski definition) is 6. The number of unbranched alkanes of at least 4 members (excludes halogenated alkanes) is 34. The van der Waals surface area contributed by atoms with Crippen LogP contribution in [0.15, 0.2) is 48.6 Å². The predicted molar refractivity (Wildman–Crippen MR) is 289 cm³/mol. The van der Waals surface area contributed by atoms with E-state index in [0.717, 1.165) is 83.5 Å². The van der Waals surface area contributed by atoms with Crippen molar-refractivity contribution in [3.8, 4) is 0 Å². The van der Waals surface area contributed by atoms with Gasteiger partial charge in [0.25, 0.3) is 0 Å². The lowest BCUT2D eigenvalue weighted by Gasteiger charge is -2.18. The smallest absolute Gasteiger partial charge is 0.306 e. The van der Waals surface area contributed by atoms with Crippen LogP contribution in [0.1, 0.15) is 303 Å². The van der Waals surface area contributed by atoms with Crippen LogP contribution in [0.25, 0.3) is 0 Å². The van der Waals surface area contributed by atoms with Crippen molar-refractivity contribution in [2.45, 2.75) is 309 Å². The maximum atomic E-state index is 12.9. The Morgan fingerprint density at radius 2 is 0.537 bits per heavy atom. The molecule has 0 aliphatic carbocycles. The number of allylic oxidation sites excluding steroid dienone is 8. The number of rotatable bonds is 53. The molecule has 0 fully saturated rings. The van der Waals surface area contributed by atoms with E-state index in [1.807, 2.05) is 0 Å². The molecule has 0 heterocycles. The van der Waals surface area contributed by atoms with E-state index in [9.17, 15) is 14.4 Å². The first kappa shape index (κ1) is 64.4. The Balaban J connectivity index is 4.34. The molecule has 0 saturated carbocycles. The topological polar surface area (TPSA) is 78.9 Å². The fourth-order valence-corrected chi connectivity index (χ4v) is 8.35. The molecule has 0 amide bonds. The van der Waals surface area contributed by atoms with Gasteiger partial charge in [0.2, 0.25) is 0 Å². The quantitative estimate of drug-likeness (QED) is 0.0262. The third-order valence-electron chi connectivity index (χ3n) is 12.8. The lowest BCUT2D eigenvalue weighted by atomic mass is 10.0. The summed E-state index contributed by atoms with van der Waals surface area (Å²) in [5.74, 6) is -0.891. The molecule has 0 unspecified atom stereocenters. The molecular formula is C61H110O6. The molecule has 6 heteroatoms. The molecule has 390 valence electrons. The number of carbonyl (C=O) groups is 3. The first-order valence-corrected chi connectivity index (χ1v) is 29.1. The molecule has 0 aliphatic heterocycles. The van der Waals surface area contributed by atoms with Gasteiger partial charge in [-0.25, -0.2) is 0 Å². The molecular weight excluding hydrogens is 829 g/mol. The molecule has 0 radical (unpaired) electrons. The van der Waals surface area contributed by atoms with E-state index in [0.29, 0.717) is 19.3 Å². The first-order chi connectivity index (χ1) is 33.0. The van der Waals surface area contributed by atoms with Crippen molar-refractivity contribution in [2.24, 2.45) is 0 Å². The summed E-state index contributed by atoms with van der Waals surface area (Å²) in [7, 11) is 0. The van der Waals surface area contributed by atoms with Gasteiger partial charge >= 0.3 is 17.9 Å². The highest BCUT2D eigenvalue weighted by molar-refractivity contribution is 5.71. The minimum atomic E-state index is -0.781. The second kappa shape index (κ2) is 56.0. The molecule has 0 aliphatic rings. The average Bonchev–Trinajstić information content (AvgIpc) is 3.33. The molecule has 0 aromatic heterocycles. The van der Waals surface area contributed by atoms with Gasteiger partial charge in [-0.15, -0.1) is 0 Å². The Morgan fingerprint density at radius 1 is 0.299 bits per heavy atom. The summed E-state index contributed by atoms with van der Waals surface area (Å²) in [5.41, 5.74) is 0. The lowest BCUT2D eigenvalue weighted by molar-refractivity contribution is -0.167. The summed E-state index contributed by atoms with van der Waals surface area (Å²) in [6.07, 6.45) is 68.1.